The van der Waals surface area contributed by atoms with Gasteiger partial charge in [-0.25, -0.2) is 4.99 Å². The molecule has 6 heteroatoms. The van der Waals surface area contributed by atoms with Crippen molar-refractivity contribution in [3.63, 3.8) is 0 Å². The first kappa shape index (κ1) is 18.5. The van der Waals surface area contributed by atoms with Crippen LogP contribution >= 0.6 is 23.6 Å². The Bertz CT molecular complexity index is 1300. The van der Waals surface area contributed by atoms with Crippen LogP contribution < -0.4 is 10.6 Å². The Balaban J connectivity index is 1.77. The third-order valence-electron chi connectivity index (χ3n) is 4.61. The number of fused-ring (bicyclic) bond motifs is 1. The molecule has 0 saturated heterocycles. The molecule has 0 bridgehead atoms. The number of carbonyl (C=O) groups is 1. The molecular weight excluding hydrogens is 388 g/mol. The van der Waals surface area contributed by atoms with E-state index in [9.17, 15) is 9.90 Å². The molecule has 0 aliphatic carbocycles. The van der Waals surface area contributed by atoms with Crippen molar-refractivity contribution in [1.29, 1.82) is 0 Å². The van der Waals surface area contributed by atoms with Gasteiger partial charge in [0.25, 0.3) is 5.91 Å². The fourth-order valence-electron chi connectivity index (χ4n) is 3.31. The maximum absolute atomic E-state index is 12.5. The molecule has 1 aromatic heterocycles. The summed E-state index contributed by atoms with van der Waals surface area (Å²) in [5.74, 6) is -0.244. The number of nitrogens with zero attached hydrogens (tertiary/aromatic N) is 2. The summed E-state index contributed by atoms with van der Waals surface area (Å²) in [6.07, 6.45) is 3.50. The Labute approximate surface area is 171 Å². The highest BCUT2D eigenvalue weighted by molar-refractivity contribution is 7.73. The number of aryl methyl sites for hydroxylation is 2. The maximum Gasteiger partial charge on any atom is 0.277 e. The fraction of sp³-hybridized carbons (Fsp3) is 0.136. The summed E-state index contributed by atoms with van der Waals surface area (Å²) < 4.78 is 2.23. The highest BCUT2D eigenvalue weighted by atomic mass is 32.1. The molecule has 1 aliphatic rings. The molecule has 0 fully saturated rings. The molecule has 0 unspecified atom stereocenters. The molecule has 2 heterocycles. The second-order valence-corrected chi connectivity index (χ2v) is 8.48. The van der Waals surface area contributed by atoms with Crippen LogP contribution in [0, 0.1) is 17.8 Å². The standard InChI is InChI=1S/C22H18N2O2S2/c1-13-8-14(2)19-16(9-13)10-17(20(25)23-19)11-18-21(26)24(22(27)28-18)12-15-6-4-3-5-7-15/h3-11,26H,12H2,1-2H3. The number of aromatic nitrogens is 1. The van der Waals surface area contributed by atoms with Crippen LogP contribution in [0.1, 0.15) is 21.6 Å². The fourth-order valence-corrected chi connectivity index (χ4v) is 4.57. The molecule has 3 aromatic rings. The number of benzene rings is 2. The van der Waals surface area contributed by atoms with Gasteiger partial charge in [-0.15, -0.1) is 11.3 Å². The zero-order valence-electron chi connectivity index (χ0n) is 15.5. The van der Waals surface area contributed by atoms with Gasteiger partial charge >= 0.3 is 0 Å². The van der Waals surface area contributed by atoms with E-state index in [0.717, 1.165) is 21.9 Å². The third kappa shape index (κ3) is 3.48. The van der Waals surface area contributed by atoms with Gasteiger partial charge in [0.15, 0.2) is 3.95 Å². The van der Waals surface area contributed by atoms with E-state index in [0.29, 0.717) is 26.3 Å². The van der Waals surface area contributed by atoms with E-state index in [1.807, 2.05) is 62.4 Å². The van der Waals surface area contributed by atoms with Crippen molar-refractivity contribution < 1.29 is 9.90 Å². The Hall–Kier alpha value is -2.83. The maximum atomic E-state index is 12.5. The minimum absolute atomic E-state index is 0.0683. The summed E-state index contributed by atoms with van der Waals surface area (Å²) >= 11 is 6.71. The van der Waals surface area contributed by atoms with Crippen LogP contribution in [0.3, 0.4) is 0 Å². The molecular formula is C22H18N2O2S2. The van der Waals surface area contributed by atoms with Crippen LogP contribution in [0.5, 0.6) is 5.88 Å². The number of hydrogen-bond donors (Lipinski definition) is 1. The van der Waals surface area contributed by atoms with Crippen LogP contribution in [0.2, 0.25) is 0 Å². The van der Waals surface area contributed by atoms with Crippen LogP contribution in [-0.4, -0.2) is 15.6 Å². The molecule has 1 amide bonds. The molecule has 1 aliphatic heterocycles. The minimum atomic E-state index is -0.312. The second-order valence-electron chi connectivity index (χ2n) is 6.81. The molecule has 0 atom stereocenters. The first-order valence-corrected chi connectivity index (χ1v) is 10.0. The summed E-state index contributed by atoms with van der Waals surface area (Å²) in [4.78, 5) is 17.3. The van der Waals surface area contributed by atoms with Crippen molar-refractivity contribution in [3.8, 4) is 5.88 Å². The largest absolute Gasteiger partial charge is 0.493 e. The molecule has 4 rings (SSSR count). The number of amides is 1. The summed E-state index contributed by atoms with van der Waals surface area (Å²) in [6, 6.07) is 13.8. The number of thiazole rings is 1. The van der Waals surface area contributed by atoms with Gasteiger partial charge in [0.05, 0.1) is 16.8 Å². The van der Waals surface area contributed by atoms with Gasteiger partial charge in [-0.05, 0) is 55.4 Å². The van der Waals surface area contributed by atoms with Crippen molar-refractivity contribution >= 4 is 41.6 Å². The number of aromatic hydroxyl groups is 1. The Kier molecular flexibility index (Phi) is 4.83. The topological polar surface area (TPSA) is 54.6 Å². The zero-order valence-corrected chi connectivity index (χ0v) is 17.1. The van der Waals surface area contributed by atoms with Gasteiger partial charge in [-0.2, -0.15) is 0 Å². The highest BCUT2D eigenvalue weighted by Crippen LogP contribution is 2.29. The lowest BCUT2D eigenvalue weighted by Gasteiger charge is -2.07. The summed E-state index contributed by atoms with van der Waals surface area (Å²) in [6.45, 7) is 4.45. The van der Waals surface area contributed by atoms with Gasteiger partial charge in [0, 0.05) is 10.8 Å². The molecule has 4 nitrogen and oxygen atoms in total. The molecule has 2 aromatic carbocycles. The van der Waals surface area contributed by atoms with Crippen molar-refractivity contribution in [2.24, 2.45) is 4.99 Å². The Morgan fingerprint density at radius 2 is 1.96 bits per heavy atom. The van der Waals surface area contributed by atoms with Gasteiger partial charge < -0.3 is 5.11 Å². The molecule has 28 heavy (non-hydrogen) atoms. The van der Waals surface area contributed by atoms with Crippen molar-refractivity contribution in [2.75, 3.05) is 0 Å². The first-order chi connectivity index (χ1) is 13.4. The van der Waals surface area contributed by atoms with Crippen LogP contribution in [0.25, 0.3) is 12.2 Å². The van der Waals surface area contributed by atoms with Crippen molar-refractivity contribution in [2.45, 2.75) is 20.4 Å². The predicted octanol–water partition coefficient (Wildman–Crippen LogP) is 3.67. The predicted molar refractivity (Wildman–Crippen MR) is 114 cm³/mol. The van der Waals surface area contributed by atoms with E-state index in [1.54, 1.807) is 10.6 Å². The Morgan fingerprint density at radius 3 is 2.71 bits per heavy atom. The second kappa shape index (κ2) is 7.30. The molecule has 0 saturated carbocycles. The summed E-state index contributed by atoms with van der Waals surface area (Å²) in [5, 5.41) is 12.3. The lowest BCUT2D eigenvalue weighted by atomic mass is 10.0. The van der Waals surface area contributed by atoms with Gasteiger partial charge in [-0.1, -0.05) is 42.0 Å². The number of hydrogen-bond acceptors (Lipinski definition) is 4. The van der Waals surface area contributed by atoms with Crippen LogP contribution in [0.4, 0.5) is 0 Å². The average Bonchev–Trinajstić information content (AvgIpc) is 2.91. The zero-order chi connectivity index (χ0) is 19.8. The monoisotopic (exact) mass is 406 g/mol. The lowest BCUT2D eigenvalue weighted by Crippen LogP contribution is -2.33. The SMILES string of the molecule is Cc1cc(C)c2c(c1)=CC(=Cc1sc(=S)n(Cc3ccccc3)c1O)C(=O)N=2. The van der Waals surface area contributed by atoms with E-state index in [1.165, 1.54) is 11.3 Å². The van der Waals surface area contributed by atoms with Crippen LogP contribution in [-0.2, 0) is 11.3 Å². The minimum Gasteiger partial charge on any atom is -0.493 e. The summed E-state index contributed by atoms with van der Waals surface area (Å²) in [5.41, 5.74) is 3.58. The van der Waals surface area contributed by atoms with Crippen LogP contribution in [0.15, 0.2) is 53.0 Å². The normalized spacial score (nSPS) is 14.5. The van der Waals surface area contributed by atoms with Crippen molar-refractivity contribution in [1.82, 2.24) is 4.57 Å². The lowest BCUT2D eigenvalue weighted by molar-refractivity contribution is -0.114. The molecule has 140 valence electrons. The number of carbonyl (C=O) groups excluding carboxylic acids is 1. The van der Waals surface area contributed by atoms with E-state index in [2.05, 4.69) is 4.99 Å². The first-order valence-electron chi connectivity index (χ1n) is 8.82. The Morgan fingerprint density at radius 1 is 1.21 bits per heavy atom. The average molecular weight is 407 g/mol. The van der Waals surface area contributed by atoms with E-state index in [4.69, 9.17) is 12.2 Å². The summed E-state index contributed by atoms with van der Waals surface area (Å²) in [7, 11) is 0. The molecule has 0 radical (unpaired) electrons. The molecule has 1 N–H and O–H groups in total. The third-order valence-corrected chi connectivity index (χ3v) is 6.00. The smallest absolute Gasteiger partial charge is 0.277 e. The van der Waals surface area contributed by atoms with Gasteiger partial charge in [0.2, 0.25) is 5.88 Å². The van der Waals surface area contributed by atoms with Gasteiger partial charge in [0.1, 0.15) is 0 Å². The van der Waals surface area contributed by atoms with Crippen molar-refractivity contribution in [3.05, 3.63) is 84.1 Å². The van der Waals surface area contributed by atoms with E-state index in [-0.39, 0.29) is 11.8 Å². The quantitative estimate of drug-likeness (QED) is 0.533. The number of rotatable bonds is 3. The van der Waals surface area contributed by atoms with Gasteiger partial charge in [-0.3, -0.25) is 9.36 Å². The van der Waals surface area contributed by atoms with E-state index >= 15 is 0 Å². The van der Waals surface area contributed by atoms with E-state index < -0.39 is 0 Å². The molecule has 0 spiro atoms. The highest BCUT2D eigenvalue weighted by Gasteiger charge is 2.16.